The number of fused-ring (bicyclic) bond motifs is 1. The molecule has 4 heterocycles. The molecule has 1 amide bonds. The number of nitrogens with one attached hydrogen (secondary N) is 3. The maximum Gasteiger partial charge on any atom is 0.308 e. The Morgan fingerprint density at radius 1 is 1.39 bits per heavy atom. The van der Waals surface area contributed by atoms with Crippen molar-refractivity contribution in [3.8, 4) is 6.01 Å². The number of hydrogen-bond donors (Lipinski definition) is 3. The predicted molar refractivity (Wildman–Crippen MR) is 109 cm³/mol. The number of rotatable bonds is 6. The summed E-state index contributed by atoms with van der Waals surface area (Å²) in [5.41, 5.74) is 0.284. The van der Waals surface area contributed by atoms with Gasteiger partial charge in [-0.1, -0.05) is 0 Å². The smallest absolute Gasteiger partial charge is 0.308 e. The van der Waals surface area contributed by atoms with Gasteiger partial charge in [0.25, 0.3) is 11.5 Å². The lowest BCUT2D eigenvalue weighted by atomic mass is 10.3. The Balaban J connectivity index is 1.52. The standard InChI is InChI=1S/C19H17FN8O3/c1-21-15-8-14(24-12-3-2-5-27(18(12)30)19-22-4-6-31-19)26-16-10(9-23-28(15)16)17(29)25-13-7-11(13)20/h2-6,8-9,11,13,21H,7H2,1H3,(H,24,26)(H,25,29)/t11-,13+/m1/s1. The molecule has 0 unspecified atom stereocenters. The average molecular weight is 424 g/mol. The van der Waals surface area contributed by atoms with Crippen molar-refractivity contribution in [2.24, 2.45) is 0 Å². The number of pyridine rings is 1. The van der Waals surface area contributed by atoms with E-state index in [0.29, 0.717) is 18.1 Å². The Morgan fingerprint density at radius 3 is 2.94 bits per heavy atom. The van der Waals surface area contributed by atoms with Crippen molar-refractivity contribution >= 4 is 28.9 Å². The molecule has 0 bridgehead atoms. The van der Waals surface area contributed by atoms with Crippen molar-refractivity contribution in [1.82, 2.24) is 29.5 Å². The van der Waals surface area contributed by atoms with Gasteiger partial charge in [0.15, 0.2) is 5.65 Å². The van der Waals surface area contributed by atoms with Gasteiger partial charge in [0.1, 0.15) is 35.3 Å². The fraction of sp³-hybridized carbons (Fsp3) is 0.211. The molecule has 4 aromatic heterocycles. The number of nitrogens with zero attached hydrogens (tertiary/aromatic N) is 5. The summed E-state index contributed by atoms with van der Waals surface area (Å²) in [4.78, 5) is 33.8. The topological polar surface area (TPSA) is 131 Å². The normalized spacial score (nSPS) is 17.5. The SMILES string of the molecule is CNc1cc(Nc2cccn(-c3ncco3)c2=O)nc2c(C(=O)N[C@H]3C[C@H]3F)cnn12. The van der Waals surface area contributed by atoms with Gasteiger partial charge in [-0.15, -0.1) is 0 Å². The molecule has 4 aromatic rings. The minimum atomic E-state index is -1.02. The molecule has 0 aromatic carbocycles. The number of halogens is 1. The van der Waals surface area contributed by atoms with E-state index in [2.05, 4.69) is 31.0 Å². The van der Waals surface area contributed by atoms with Crippen LogP contribution in [0, 0.1) is 0 Å². The molecule has 0 radical (unpaired) electrons. The molecule has 0 saturated heterocycles. The summed E-state index contributed by atoms with van der Waals surface area (Å²) >= 11 is 0. The third kappa shape index (κ3) is 3.37. The zero-order valence-electron chi connectivity index (χ0n) is 16.2. The summed E-state index contributed by atoms with van der Waals surface area (Å²) < 4.78 is 21.1. The summed E-state index contributed by atoms with van der Waals surface area (Å²) in [6.07, 6.45) is 5.00. The van der Waals surface area contributed by atoms with Gasteiger partial charge < -0.3 is 20.4 Å². The van der Waals surface area contributed by atoms with Gasteiger partial charge in [-0.25, -0.2) is 18.9 Å². The highest BCUT2D eigenvalue weighted by Gasteiger charge is 2.39. The van der Waals surface area contributed by atoms with Crippen molar-refractivity contribution < 1.29 is 13.6 Å². The Morgan fingerprint density at radius 2 is 2.23 bits per heavy atom. The van der Waals surface area contributed by atoms with Gasteiger partial charge in [-0.3, -0.25) is 9.59 Å². The minimum absolute atomic E-state index is 0.133. The molecular weight excluding hydrogens is 407 g/mol. The summed E-state index contributed by atoms with van der Waals surface area (Å²) in [5.74, 6) is 0.381. The zero-order chi connectivity index (χ0) is 21.5. The van der Waals surface area contributed by atoms with Crippen LogP contribution in [0.5, 0.6) is 0 Å². The first-order valence-corrected chi connectivity index (χ1v) is 9.45. The number of carbonyl (C=O) groups excluding carboxylic acids is 1. The van der Waals surface area contributed by atoms with E-state index in [9.17, 15) is 14.0 Å². The summed E-state index contributed by atoms with van der Waals surface area (Å²) in [5, 5.41) is 12.8. The Bertz CT molecular complexity index is 1330. The zero-order valence-corrected chi connectivity index (χ0v) is 16.2. The third-order valence-electron chi connectivity index (χ3n) is 4.84. The second-order valence-corrected chi connectivity index (χ2v) is 6.94. The van der Waals surface area contributed by atoms with Crippen molar-refractivity contribution in [1.29, 1.82) is 0 Å². The van der Waals surface area contributed by atoms with E-state index in [-0.39, 0.29) is 22.9 Å². The molecule has 0 spiro atoms. The van der Waals surface area contributed by atoms with Crippen LogP contribution in [0.4, 0.5) is 21.7 Å². The van der Waals surface area contributed by atoms with Crippen LogP contribution < -0.4 is 21.5 Å². The molecule has 2 atom stereocenters. The van der Waals surface area contributed by atoms with Crippen LogP contribution >= 0.6 is 0 Å². The first kappa shape index (κ1) is 18.8. The van der Waals surface area contributed by atoms with Crippen molar-refractivity contribution in [3.63, 3.8) is 0 Å². The predicted octanol–water partition coefficient (Wildman–Crippen LogP) is 1.49. The van der Waals surface area contributed by atoms with Gasteiger partial charge in [0.2, 0.25) is 0 Å². The molecule has 1 aliphatic carbocycles. The molecule has 1 fully saturated rings. The van der Waals surface area contributed by atoms with Gasteiger partial charge in [0, 0.05) is 25.7 Å². The number of hydrogen-bond acceptors (Lipinski definition) is 8. The number of alkyl halides is 1. The van der Waals surface area contributed by atoms with E-state index in [1.807, 2.05) is 0 Å². The van der Waals surface area contributed by atoms with E-state index >= 15 is 0 Å². The first-order chi connectivity index (χ1) is 15.0. The Hall–Kier alpha value is -4.22. The maximum atomic E-state index is 13.2. The van der Waals surface area contributed by atoms with Gasteiger partial charge in [0.05, 0.1) is 18.4 Å². The molecule has 0 aliphatic heterocycles. The second kappa shape index (κ2) is 7.23. The molecule has 31 heavy (non-hydrogen) atoms. The van der Waals surface area contributed by atoms with Crippen molar-refractivity contribution in [2.45, 2.75) is 18.6 Å². The molecule has 11 nitrogen and oxygen atoms in total. The van der Waals surface area contributed by atoms with E-state index in [0.717, 1.165) is 0 Å². The van der Waals surface area contributed by atoms with Crippen LogP contribution in [0.15, 0.2) is 52.3 Å². The number of amides is 1. The molecule has 1 saturated carbocycles. The van der Waals surface area contributed by atoms with Crippen LogP contribution in [0.2, 0.25) is 0 Å². The molecule has 3 N–H and O–H groups in total. The number of aromatic nitrogens is 5. The summed E-state index contributed by atoms with van der Waals surface area (Å²) in [7, 11) is 1.69. The van der Waals surface area contributed by atoms with Crippen molar-refractivity contribution in [3.05, 3.63) is 59.0 Å². The molecule has 5 rings (SSSR count). The van der Waals surface area contributed by atoms with E-state index in [1.54, 1.807) is 25.2 Å². The third-order valence-corrected chi connectivity index (χ3v) is 4.84. The highest BCUT2D eigenvalue weighted by Crippen LogP contribution is 2.26. The molecule has 12 heteroatoms. The van der Waals surface area contributed by atoms with E-state index in [1.165, 1.54) is 33.9 Å². The van der Waals surface area contributed by atoms with Crippen LogP contribution in [0.3, 0.4) is 0 Å². The lowest BCUT2D eigenvalue weighted by Gasteiger charge is -2.11. The molecule has 158 valence electrons. The highest BCUT2D eigenvalue weighted by atomic mass is 19.1. The van der Waals surface area contributed by atoms with Crippen molar-refractivity contribution in [2.75, 3.05) is 17.7 Å². The molecular formula is C19H17FN8O3. The van der Waals surface area contributed by atoms with Gasteiger partial charge in [-0.2, -0.15) is 9.61 Å². The van der Waals surface area contributed by atoms with Gasteiger partial charge >= 0.3 is 6.01 Å². The summed E-state index contributed by atoms with van der Waals surface area (Å²) in [6.45, 7) is 0. The van der Waals surface area contributed by atoms with Crippen LogP contribution in [0.25, 0.3) is 11.7 Å². The highest BCUT2D eigenvalue weighted by molar-refractivity contribution is 6.00. The van der Waals surface area contributed by atoms with Crippen LogP contribution in [-0.4, -0.2) is 49.3 Å². The first-order valence-electron chi connectivity index (χ1n) is 9.45. The van der Waals surface area contributed by atoms with Crippen LogP contribution in [0.1, 0.15) is 16.8 Å². The summed E-state index contributed by atoms with van der Waals surface area (Å²) in [6, 6.07) is 4.54. The lowest BCUT2D eigenvalue weighted by molar-refractivity contribution is 0.0949. The molecule has 1 aliphatic rings. The van der Waals surface area contributed by atoms with E-state index < -0.39 is 23.7 Å². The quantitative estimate of drug-likeness (QED) is 0.424. The lowest BCUT2D eigenvalue weighted by Crippen LogP contribution is -2.27. The number of carbonyl (C=O) groups is 1. The monoisotopic (exact) mass is 424 g/mol. The van der Waals surface area contributed by atoms with Gasteiger partial charge in [-0.05, 0) is 12.1 Å². The average Bonchev–Trinajstić information content (AvgIpc) is 3.18. The Labute approximate surface area is 173 Å². The number of oxazole rings is 1. The maximum absolute atomic E-state index is 13.2. The van der Waals surface area contributed by atoms with E-state index in [4.69, 9.17) is 4.42 Å². The van der Waals surface area contributed by atoms with Crippen LogP contribution in [-0.2, 0) is 0 Å². The number of anilines is 3. The minimum Gasteiger partial charge on any atom is -0.432 e. The largest absolute Gasteiger partial charge is 0.432 e. The Kier molecular flexibility index (Phi) is 4.38. The fourth-order valence-corrected chi connectivity index (χ4v) is 3.14. The fourth-order valence-electron chi connectivity index (χ4n) is 3.14. The second-order valence-electron chi connectivity index (χ2n) is 6.94.